The molecular weight excluding hydrogens is 326 g/mol. The summed E-state index contributed by atoms with van der Waals surface area (Å²) in [5, 5.41) is 2.53. The van der Waals surface area contributed by atoms with Crippen molar-refractivity contribution in [1.29, 1.82) is 0 Å². The van der Waals surface area contributed by atoms with Crippen molar-refractivity contribution in [1.82, 2.24) is 5.32 Å². The highest BCUT2D eigenvalue weighted by molar-refractivity contribution is 7.83. The summed E-state index contributed by atoms with van der Waals surface area (Å²) in [7, 11) is -0.976. The second-order valence-electron chi connectivity index (χ2n) is 5.25. The van der Waals surface area contributed by atoms with Crippen molar-refractivity contribution in [3.05, 3.63) is 71.3 Å². The lowest BCUT2D eigenvalue weighted by Crippen LogP contribution is -2.30. The standard InChI is InChI=1S/C18H19NO4S/c1-24(22)13-15-8-5-9-16(10-15)18(21)19-11-17(20)23-12-14-6-3-2-4-7-14/h2-10H,11-13H2,1H3,(H,19,21). The molecule has 0 heterocycles. The van der Waals surface area contributed by atoms with Gasteiger partial charge in [-0.1, -0.05) is 42.5 Å². The van der Waals surface area contributed by atoms with Crippen LogP contribution in [0.1, 0.15) is 21.5 Å². The van der Waals surface area contributed by atoms with E-state index in [1.807, 2.05) is 36.4 Å². The molecule has 0 aliphatic carbocycles. The smallest absolute Gasteiger partial charge is 0.325 e. The molecule has 0 fully saturated rings. The third-order valence-electron chi connectivity index (χ3n) is 3.20. The number of carbonyl (C=O) groups is 2. The minimum Gasteiger partial charge on any atom is -0.460 e. The molecule has 24 heavy (non-hydrogen) atoms. The lowest BCUT2D eigenvalue weighted by Gasteiger charge is -2.07. The van der Waals surface area contributed by atoms with E-state index in [4.69, 9.17) is 4.74 Å². The van der Waals surface area contributed by atoms with Gasteiger partial charge in [-0.2, -0.15) is 0 Å². The molecule has 2 aromatic carbocycles. The molecule has 2 aromatic rings. The zero-order valence-corrected chi connectivity index (χ0v) is 14.2. The summed E-state index contributed by atoms with van der Waals surface area (Å²) in [5.41, 5.74) is 2.13. The molecular formula is C18H19NO4S. The van der Waals surface area contributed by atoms with Gasteiger partial charge in [-0.15, -0.1) is 0 Å². The molecule has 0 saturated carbocycles. The number of rotatable bonds is 7. The van der Waals surface area contributed by atoms with Gasteiger partial charge in [0.05, 0.1) is 0 Å². The van der Waals surface area contributed by atoms with E-state index in [-0.39, 0.29) is 19.1 Å². The lowest BCUT2D eigenvalue weighted by atomic mass is 10.1. The molecule has 0 spiro atoms. The van der Waals surface area contributed by atoms with Gasteiger partial charge in [-0.05, 0) is 23.3 Å². The fraction of sp³-hybridized carbons (Fsp3) is 0.222. The van der Waals surface area contributed by atoms with Crippen LogP contribution in [0.5, 0.6) is 0 Å². The Morgan fingerprint density at radius 3 is 2.46 bits per heavy atom. The van der Waals surface area contributed by atoms with Gasteiger partial charge in [0.15, 0.2) is 0 Å². The molecule has 0 radical (unpaired) electrons. The van der Waals surface area contributed by atoms with E-state index in [0.29, 0.717) is 11.3 Å². The Balaban J connectivity index is 1.82. The fourth-order valence-corrected chi connectivity index (χ4v) is 2.73. The van der Waals surface area contributed by atoms with Gasteiger partial charge in [0.2, 0.25) is 0 Å². The molecule has 1 unspecified atom stereocenters. The number of esters is 1. The zero-order valence-electron chi connectivity index (χ0n) is 13.4. The molecule has 1 amide bonds. The summed E-state index contributed by atoms with van der Waals surface area (Å²) in [5.74, 6) is -0.478. The Bertz CT molecular complexity index is 731. The highest BCUT2D eigenvalue weighted by atomic mass is 32.2. The van der Waals surface area contributed by atoms with Gasteiger partial charge >= 0.3 is 5.97 Å². The van der Waals surface area contributed by atoms with Crippen LogP contribution in [-0.2, 0) is 32.7 Å². The predicted molar refractivity (Wildman–Crippen MR) is 92.8 cm³/mol. The monoisotopic (exact) mass is 345 g/mol. The Hall–Kier alpha value is -2.47. The first kappa shape index (κ1) is 17.9. The number of nitrogens with one attached hydrogen (secondary N) is 1. The topological polar surface area (TPSA) is 72.5 Å². The number of ether oxygens (including phenoxy) is 1. The SMILES string of the molecule is CS(=O)Cc1cccc(C(=O)NCC(=O)OCc2ccccc2)c1. The second kappa shape index (κ2) is 8.98. The first-order valence-electron chi connectivity index (χ1n) is 7.41. The van der Waals surface area contributed by atoms with Crippen molar-refractivity contribution in [2.75, 3.05) is 12.8 Å². The highest BCUT2D eigenvalue weighted by Crippen LogP contribution is 2.07. The van der Waals surface area contributed by atoms with Crippen molar-refractivity contribution in [2.24, 2.45) is 0 Å². The maximum absolute atomic E-state index is 12.1. The minimum atomic E-state index is -0.976. The average molecular weight is 345 g/mol. The third-order valence-corrected chi connectivity index (χ3v) is 3.93. The normalized spacial score (nSPS) is 11.5. The van der Waals surface area contributed by atoms with Crippen molar-refractivity contribution in [3.63, 3.8) is 0 Å². The second-order valence-corrected chi connectivity index (χ2v) is 6.68. The molecule has 0 saturated heterocycles. The maximum Gasteiger partial charge on any atom is 0.325 e. The molecule has 1 N–H and O–H groups in total. The van der Waals surface area contributed by atoms with E-state index < -0.39 is 16.8 Å². The lowest BCUT2D eigenvalue weighted by molar-refractivity contribution is -0.143. The summed E-state index contributed by atoms with van der Waals surface area (Å²) in [6.07, 6.45) is 1.61. The van der Waals surface area contributed by atoms with E-state index in [0.717, 1.165) is 11.1 Å². The number of hydrogen-bond acceptors (Lipinski definition) is 4. The van der Waals surface area contributed by atoms with Crippen molar-refractivity contribution in [3.8, 4) is 0 Å². The highest BCUT2D eigenvalue weighted by Gasteiger charge is 2.10. The van der Waals surface area contributed by atoms with Crippen LogP contribution in [0.25, 0.3) is 0 Å². The van der Waals surface area contributed by atoms with E-state index in [2.05, 4.69) is 5.32 Å². The first-order valence-corrected chi connectivity index (χ1v) is 9.14. The Morgan fingerprint density at radius 2 is 1.75 bits per heavy atom. The number of carbonyl (C=O) groups excluding carboxylic acids is 2. The van der Waals surface area contributed by atoms with Crippen LogP contribution in [0.15, 0.2) is 54.6 Å². The van der Waals surface area contributed by atoms with Crippen LogP contribution in [0, 0.1) is 0 Å². The predicted octanol–water partition coefficient (Wildman–Crippen LogP) is 2.04. The Kier molecular flexibility index (Phi) is 6.69. The van der Waals surface area contributed by atoms with Crippen molar-refractivity contribution < 1.29 is 18.5 Å². The molecule has 5 nitrogen and oxygen atoms in total. The van der Waals surface area contributed by atoms with Gasteiger partial charge in [0, 0.05) is 28.4 Å². The number of hydrogen-bond donors (Lipinski definition) is 1. The molecule has 2 rings (SSSR count). The average Bonchev–Trinajstić information content (AvgIpc) is 2.58. The molecule has 0 aromatic heterocycles. The summed E-state index contributed by atoms with van der Waals surface area (Å²) in [6, 6.07) is 16.2. The third kappa shape index (κ3) is 5.96. The van der Waals surface area contributed by atoms with Crippen molar-refractivity contribution in [2.45, 2.75) is 12.4 Å². The summed E-state index contributed by atoms with van der Waals surface area (Å²) in [6.45, 7) is -0.0249. The van der Waals surface area contributed by atoms with Crippen LogP contribution in [0.4, 0.5) is 0 Å². The minimum absolute atomic E-state index is 0.174. The molecule has 126 valence electrons. The van der Waals surface area contributed by atoms with Gasteiger partial charge in [0.1, 0.15) is 13.2 Å². The van der Waals surface area contributed by atoms with Crippen LogP contribution in [0.3, 0.4) is 0 Å². The summed E-state index contributed by atoms with van der Waals surface area (Å²) in [4.78, 5) is 23.8. The maximum atomic E-state index is 12.1. The summed E-state index contributed by atoms with van der Waals surface area (Å²) >= 11 is 0. The van der Waals surface area contributed by atoms with Crippen LogP contribution in [0.2, 0.25) is 0 Å². The number of amides is 1. The van der Waals surface area contributed by atoms with E-state index in [1.54, 1.807) is 24.5 Å². The van der Waals surface area contributed by atoms with Crippen LogP contribution < -0.4 is 5.32 Å². The van der Waals surface area contributed by atoms with Crippen LogP contribution >= 0.6 is 0 Å². The molecule has 6 heteroatoms. The van der Waals surface area contributed by atoms with Gasteiger partial charge < -0.3 is 10.1 Å². The summed E-state index contributed by atoms with van der Waals surface area (Å²) < 4.78 is 16.3. The molecule has 0 aliphatic rings. The molecule has 0 aliphatic heterocycles. The molecule has 1 atom stereocenters. The quantitative estimate of drug-likeness (QED) is 0.780. The van der Waals surface area contributed by atoms with Gasteiger partial charge in [-0.3, -0.25) is 13.8 Å². The fourth-order valence-electron chi connectivity index (χ4n) is 2.08. The van der Waals surface area contributed by atoms with Crippen LogP contribution in [-0.4, -0.2) is 28.9 Å². The van der Waals surface area contributed by atoms with Crippen molar-refractivity contribution >= 4 is 22.7 Å². The molecule has 0 bridgehead atoms. The zero-order chi connectivity index (χ0) is 17.4. The van der Waals surface area contributed by atoms with E-state index in [1.165, 1.54) is 0 Å². The van der Waals surface area contributed by atoms with Gasteiger partial charge in [-0.25, -0.2) is 0 Å². The largest absolute Gasteiger partial charge is 0.460 e. The number of benzene rings is 2. The Morgan fingerprint density at radius 1 is 1.04 bits per heavy atom. The van der Waals surface area contributed by atoms with E-state index >= 15 is 0 Å². The van der Waals surface area contributed by atoms with E-state index in [9.17, 15) is 13.8 Å². The first-order chi connectivity index (χ1) is 11.5. The van der Waals surface area contributed by atoms with Gasteiger partial charge in [0.25, 0.3) is 5.91 Å². The Labute approximate surface area is 143 Å².